The van der Waals surface area contributed by atoms with Gasteiger partial charge in [0.25, 0.3) is 5.91 Å². The third-order valence-corrected chi connectivity index (χ3v) is 5.02. The van der Waals surface area contributed by atoms with Gasteiger partial charge < -0.3 is 9.88 Å². The van der Waals surface area contributed by atoms with Gasteiger partial charge in [0.2, 0.25) is 0 Å². The summed E-state index contributed by atoms with van der Waals surface area (Å²) in [5.41, 5.74) is 2.74. The summed E-state index contributed by atoms with van der Waals surface area (Å²) in [5.74, 6) is -0.182. The van der Waals surface area contributed by atoms with Crippen molar-refractivity contribution in [3.8, 4) is 17.1 Å². The molecule has 5 nitrogen and oxygen atoms in total. The quantitative estimate of drug-likeness (QED) is 0.685. The van der Waals surface area contributed by atoms with Crippen LogP contribution in [0, 0.1) is 0 Å². The van der Waals surface area contributed by atoms with Crippen LogP contribution in [0.1, 0.15) is 30.8 Å². The number of benzene rings is 1. The number of aromatic nitrogens is 3. The highest BCUT2D eigenvalue weighted by Gasteiger charge is 2.20. The minimum Gasteiger partial charge on any atom is -0.349 e. The molecular weight excluding hydrogens is 371 g/mol. The standard InChI is InChI=1S/C19H20Cl2N4O/c1-4-12(2)22-19(26)18-11-16(17-6-5-9-24(17)3)23-25(18)13-7-8-14(20)15(21)10-13/h5-12H,4H2,1-3H3,(H,22,26)/t12-/m0/s1. The van der Waals surface area contributed by atoms with E-state index in [1.54, 1.807) is 28.9 Å². The third kappa shape index (κ3) is 3.64. The Hall–Kier alpha value is -2.24. The molecule has 0 unspecified atom stereocenters. The highest BCUT2D eigenvalue weighted by atomic mass is 35.5. The fourth-order valence-electron chi connectivity index (χ4n) is 2.61. The van der Waals surface area contributed by atoms with Crippen LogP contribution >= 0.6 is 23.2 Å². The van der Waals surface area contributed by atoms with E-state index in [-0.39, 0.29) is 11.9 Å². The van der Waals surface area contributed by atoms with Crippen molar-refractivity contribution in [2.24, 2.45) is 7.05 Å². The van der Waals surface area contributed by atoms with Gasteiger partial charge >= 0.3 is 0 Å². The van der Waals surface area contributed by atoms with Gasteiger partial charge in [-0.3, -0.25) is 4.79 Å². The number of nitrogens with zero attached hydrogens (tertiary/aromatic N) is 3. The second kappa shape index (κ2) is 7.56. The lowest BCUT2D eigenvalue weighted by Gasteiger charge is -2.12. The Morgan fingerprint density at radius 2 is 2.00 bits per heavy atom. The molecule has 1 aromatic carbocycles. The topological polar surface area (TPSA) is 51.9 Å². The maximum Gasteiger partial charge on any atom is 0.270 e. The Morgan fingerprint density at radius 1 is 1.23 bits per heavy atom. The van der Waals surface area contributed by atoms with Crippen LogP contribution in [0.3, 0.4) is 0 Å². The van der Waals surface area contributed by atoms with Gasteiger partial charge in [-0.1, -0.05) is 30.1 Å². The van der Waals surface area contributed by atoms with Gasteiger partial charge in [-0.15, -0.1) is 0 Å². The van der Waals surface area contributed by atoms with Gasteiger partial charge in [0, 0.05) is 19.3 Å². The van der Waals surface area contributed by atoms with E-state index in [9.17, 15) is 4.79 Å². The average molecular weight is 391 g/mol. The molecule has 0 aliphatic carbocycles. The number of carbonyl (C=O) groups excluding carboxylic acids is 1. The van der Waals surface area contributed by atoms with Crippen molar-refractivity contribution >= 4 is 29.1 Å². The number of nitrogens with one attached hydrogen (secondary N) is 1. The molecule has 2 aromatic heterocycles. The van der Waals surface area contributed by atoms with E-state index in [0.29, 0.717) is 27.1 Å². The molecule has 1 N–H and O–H groups in total. The van der Waals surface area contributed by atoms with Crippen LogP contribution in [-0.4, -0.2) is 26.3 Å². The van der Waals surface area contributed by atoms with Crippen molar-refractivity contribution in [3.05, 3.63) is 58.3 Å². The lowest BCUT2D eigenvalue weighted by molar-refractivity contribution is 0.0931. The summed E-state index contributed by atoms with van der Waals surface area (Å²) in [5, 5.41) is 8.50. The lowest BCUT2D eigenvalue weighted by atomic mass is 10.2. The summed E-state index contributed by atoms with van der Waals surface area (Å²) in [6, 6.07) is 10.9. The van der Waals surface area contributed by atoms with Crippen LogP contribution in [0.5, 0.6) is 0 Å². The van der Waals surface area contributed by atoms with E-state index in [0.717, 1.165) is 12.1 Å². The van der Waals surface area contributed by atoms with Crippen molar-refractivity contribution in [1.82, 2.24) is 19.7 Å². The van der Waals surface area contributed by atoms with Gasteiger partial charge in [0.15, 0.2) is 0 Å². The Balaban J connectivity index is 2.11. The molecule has 7 heteroatoms. The number of aryl methyl sites for hydroxylation is 1. The molecule has 2 heterocycles. The summed E-state index contributed by atoms with van der Waals surface area (Å²) >= 11 is 12.2. The molecule has 0 radical (unpaired) electrons. The molecule has 1 amide bonds. The highest BCUT2D eigenvalue weighted by molar-refractivity contribution is 6.42. The van der Waals surface area contributed by atoms with Crippen molar-refractivity contribution < 1.29 is 4.79 Å². The SMILES string of the molecule is CC[C@H](C)NC(=O)c1cc(-c2cccn2C)nn1-c1ccc(Cl)c(Cl)c1. The molecule has 136 valence electrons. The van der Waals surface area contributed by atoms with E-state index < -0.39 is 0 Å². The molecule has 0 bridgehead atoms. The lowest BCUT2D eigenvalue weighted by Crippen LogP contribution is -2.33. The highest BCUT2D eigenvalue weighted by Crippen LogP contribution is 2.27. The number of rotatable bonds is 5. The molecule has 1 atom stereocenters. The predicted octanol–water partition coefficient (Wildman–Crippen LogP) is 4.71. The summed E-state index contributed by atoms with van der Waals surface area (Å²) in [4.78, 5) is 12.8. The third-order valence-electron chi connectivity index (χ3n) is 4.29. The summed E-state index contributed by atoms with van der Waals surface area (Å²) in [6.45, 7) is 3.99. The Bertz CT molecular complexity index is 945. The molecule has 0 spiro atoms. The fourth-order valence-corrected chi connectivity index (χ4v) is 2.90. The number of carbonyl (C=O) groups is 1. The summed E-state index contributed by atoms with van der Waals surface area (Å²) < 4.78 is 3.56. The summed E-state index contributed by atoms with van der Waals surface area (Å²) in [7, 11) is 1.94. The maximum absolute atomic E-state index is 12.8. The molecule has 0 aliphatic rings. The molecule has 3 aromatic rings. The van der Waals surface area contributed by atoms with Crippen LogP contribution in [-0.2, 0) is 7.05 Å². The first-order valence-corrected chi connectivity index (χ1v) is 9.14. The molecule has 0 saturated heterocycles. The van der Waals surface area contributed by atoms with Crippen LogP contribution in [0.25, 0.3) is 17.1 Å². The van der Waals surface area contributed by atoms with Crippen molar-refractivity contribution in [2.75, 3.05) is 0 Å². The summed E-state index contributed by atoms with van der Waals surface area (Å²) in [6.07, 6.45) is 2.78. The normalized spacial score (nSPS) is 12.2. The molecule has 3 rings (SSSR count). The largest absolute Gasteiger partial charge is 0.349 e. The molecule has 0 saturated carbocycles. The first kappa shape index (κ1) is 18.5. The van der Waals surface area contributed by atoms with Crippen molar-refractivity contribution in [2.45, 2.75) is 26.3 Å². The number of hydrogen-bond acceptors (Lipinski definition) is 2. The number of halogens is 2. The van der Waals surface area contributed by atoms with E-state index in [1.807, 2.05) is 43.8 Å². The second-order valence-electron chi connectivity index (χ2n) is 6.21. The van der Waals surface area contributed by atoms with Crippen molar-refractivity contribution in [1.29, 1.82) is 0 Å². The van der Waals surface area contributed by atoms with E-state index in [1.165, 1.54) is 0 Å². The Labute approximate surface area is 162 Å². The molecule has 0 aliphatic heterocycles. The molecular formula is C19H20Cl2N4O. The molecule has 0 fully saturated rings. The predicted molar refractivity (Wildman–Crippen MR) is 105 cm³/mol. The van der Waals surface area contributed by atoms with Crippen molar-refractivity contribution in [3.63, 3.8) is 0 Å². The maximum atomic E-state index is 12.8. The van der Waals surface area contributed by atoms with E-state index in [4.69, 9.17) is 23.2 Å². The fraction of sp³-hybridized carbons (Fsp3) is 0.263. The number of hydrogen-bond donors (Lipinski definition) is 1. The van der Waals surface area contributed by atoms with Crippen LogP contribution in [0.15, 0.2) is 42.6 Å². The van der Waals surface area contributed by atoms with Gasteiger partial charge in [-0.25, -0.2) is 4.68 Å². The van der Waals surface area contributed by atoms with E-state index in [2.05, 4.69) is 10.4 Å². The Kier molecular flexibility index (Phi) is 5.39. The zero-order valence-electron chi connectivity index (χ0n) is 14.8. The zero-order valence-corrected chi connectivity index (χ0v) is 16.3. The average Bonchev–Trinajstić information content (AvgIpc) is 3.23. The molecule has 26 heavy (non-hydrogen) atoms. The van der Waals surface area contributed by atoms with Crippen LogP contribution in [0.4, 0.5) is 0 Å². The first-order chi connectivity index (χ1) is 12.4. The first-order valence-electron chi connectivity index (χ1n) is 8.38. The minimum absolute atomic E-state index is 0.0677. The van der Waals surface area contributed by atoms with Crippen LogP contribution in [0.2, 0.25) is 10.0 Å². The second-order valence-corrected chi connectivity index (χ2v) is 7.03. The van der Waals surface area contributed by atoms with Gasteiger partial charge in [-0.05, 0) is 49.7 Å². The van der Waals surface area contributed by atoms with Gasteiger partial charge in [-0.2, -0.15) is 5.10 Å². The van der Waals surface area contributed by atoms with Gasteiger partial charge in [0.1, 0.15) is 11.4 Å². The monoisotopic (exact) mass is 390 g/mol. The zero-order chi connectivity index (χ0) is 18.8. The number of amides is 1. The van der Waals surface area contributed by atoms with Gasteiger partial charge in [0.05, 0.1) is 21.4 Å². The van der Waals surface area contributed by atoms with E-state index >= 15 is 0 Å². The smallest absolute Gasteiger partial charge is 0.270 e. The Morgan fingerprint density at radius 3 is 2.62 bits per heavy atom. The minimum atomic E-state index is -0.182. The van der Waals surface area contributed by atoms with Crippen LogP contribution < -0.4 is 5.32 Å².